The molecule has 2 aliphatic rings. The van der Waals surface area contributed by atoms with Crippen LogP contribution in [-0.2, 0) is 14.3 Å². The lowest BCUT2D eigenvalue weighted by Crippen LogP contribution is -2.39. The second-order valence-corrected chi connectivity index (χ2v) is 7.55. The Hall–Kier alpha value is -2.86. The summed E-state index contributed by atoms with van der Waals surface area (Å²) in [6, 6.07) is 16.9. The third-order valence-corrected chi connectivity index (χ3v) is 5.67. The minimum Gasteiger partial charge on any atom is -0.463 e. The van der Waals surface area contributed by atoms with Gasteiger partial charge in [-0.15, -0.1) is 0 Å². The van der Waals surface area contributed by atoms with E-state index in [1.807, 2.05) is 61.5 Å². The summed E-state index contributed by atoms with van der Waals surface area (Å²) in [5.41, 5.74) is 3.77. The average Bonchev–Trinajstić information content (AvgIpc) is 3.09. The normalized spacial score (nSPS) is 18.8. The number of carbonyl (C=O) groups excluding carboxylic acids is 2. The maximum absolute atomic E-state index is 13.0. The molecule has 1 atom stereocenters. The third-order valence-electron chi connectivity index (χ3n) is 4.73. The smallest absolute Gasteiger partial charge is 0.338 e. The van der Waals surface area contributed by atoms with Crippen molar-refractivity contribution >= 4 is 34.5 Å². The number of hydrogen-bond acceptors (Lipinski definition) is 5. The van der Waals surface area contributed by atoms with Gasteiger partial charge in [-0.2, -0.15) is 0 Å². The average molecular weight is 392 g/mol. The van der Waals surface area contributed by atoms with E-state index in [1.165, 1.54) is 11.8 Å². The number of nitrogens with zero attached hydrogens (tertiary/aromatic N) is 2. The van der Waals surface area contributed by atoms with Crippen LogP contribution in [0.15, 0.2) is 65.2 Å². The minimum absolute atomic E-state index is 0.0526. The van der Waals surface area contributed by atoms with Gasteiger partial charge in [0.15, 0.2) is 5.17 Å². The molecule has 28 heavy (non-hydrogen) atoms. The molecule has 0 spiro atoms. The number of benzene rings is 2. The molecule has 1 saturated heterocycles. The Kier molecular flexibility index (Phi) is 5.05. The molecule has 2 aromatic carbocycles. The number of aryl methyl sites for hydroxylation is 1. The first-order chi connectivity index (χ1) is 13.6. The molecule has 1 amide bonds. The van der Waals surface area contributed by atoms with E-state index in [2.05, 4.69) is 0 Å². The predicted octanol–water partition coefficient (Wildman–Crippen LogP) is 3.96. The fourth-order valence-corrected chi connectivity index (χ4v) is 4.32. The van der Waals surface area contributed by atoms with Crippen LogP contribution in [0.1, 0.15) is 29.7 Å². The second kappa shape index (κ2) is 7.64. The van der Waals surface area contributed by atoms with Crippen LogP contribution in [0.3, 0.4) is 0 Å². The van der Waals surface area contributed by atoms with Crippen LogP contribution >= 0.6 is 11.8 Å². The summed E-state index contributed by atoms with van der Waals surface area (Å²) >= 11 is 1.40. The number of carbonyl (C=O) groups is 2. The first kappa shape index (κ1) is 18.5. The molecule has 5 nitrogen and oxygen atoms in total. The highest BCUT2D eigenvalue weighted by molar-refractivity contribution is 8.15. The van der Waals surface area contributed by atoms with Crippen molar-refractivity contribution in [3.05, 3.63) is 76.9 Å². The van der Waals surface area contributed by atoms with Crippen molar-refractivity contribution in [2.75, 3.05) is 12.4 Å². The summed E-state index contributed by atoms with van der Waals surface area (Å²) < 4.78 is 5.38. The molecule has 0 aromatic heterocycles. The fourth-order valence-electron chi connectivity index (χ4n) is 3.42. The van der Waals surface area contributed by atoms with Crippen LogP contribution in [0, 0.1) is 6.92 Å². The summed E-state index contributed by atoms with van der Waals surface area (Å²) in [6.07, 6.45) is 0. The van der Waals surface area contributed by atoms with Crippen LogP contribution in [-0.4, -0.2) is 34.3 Å². The van der Waals surface area contributed by atoms with E-state index in [9.17, 15) is 9.59 Å². The zero-order valence-corrected chi connectivity index (χ0v) is 16.5. The molecule has 1 fully saturated rings. The van der Waals surface area contributed by atoms with Gasteiger partial charge in [0.25, 0.3) is 0 Å². The Morgan fingerprint density at radius 2 is 1.89 bits per heavy atom. The SMILES string of the molecule is CCOC(=O)C1=C(c2ccccc2)N=C2SCC(=O)N2[C@@H]1c1ccc(C)cc1. The van der Waals surface area contributed by atoms with Gasteiger partial charge in [-0.25, -0.2) is 9.79 Å². The van der Waals surface area contributed by atoms with Gasteiger partial charge in [0, 0.05) is 5.56 Å². The Morgan fingerprint density at radius 1 is 1.18 bits per heavy atom. The predicted molar refractivity (Wildman–Crippen MR) is 111 cm³/mol. The fraction of sp³-hybridized carbons (Fsp3) is 0.227. The first-order valence-corrected chi connectivity index (χ1v) is 10.2. The van der Waals surface area contributed by atoms with Gasteiger partial charge in [-0.3, -0.25) is 9.69 Å². The van der Waals surface area contributed by atoms with Crippen LogP contribution in [0.5, 0.6) is 0 Å². The van der Waals surface area contributed by atoms with Crippen molar-refractivity contribution in [3.8, 4) is 0 Å². The molecule has 0 radical (unpaired) electrons. The number of rotatable bonds is 4. The zero-order valence-electron chi connectivity index (χ0n) is 15.7. The molecule has 2 aromatic rings. The van der Waals surface area contributed by atoms with E-state index in [0.717, 1.165) is 16.7 Å². The van der Waals surface area contributed by atoms with E-state index >= 15 is 0 Å². The molecule has 0 bridgehead atoms. The number of hydrogen-bond donors (Lipinski definition) is 0. The van der Waals surface area contributed by atoms with Crippen LogP contribution < -0.4 is 0 Å². The Balaban J connectivity index is 1.96. The van der Waals surface area contributed by atoms with E-state index in [4.69, 9.17) is 9.73 Å². The lowest BCUT2D eigenvalue weighted by atomic mass is 9.91. The molecule has 2 heterocycles. The van der Waals surface area contributed by atoms with E-state index in [0.29, 0.717) is 22.2 Å². The zero-order chi connectivity index (χ0) is 19.7. The summed E-state index contributed by atoms with van der Waals surface area (Å²) in [6.45, 7) is 4.03. The van der Waals surface area contributed by atoms with Gasteiger partial charge >= 0.3 is 5.97 Å². The topological polar surface area (TPSA) is 59.0 Å². The van der Waals surface area contributed by atoms with Crippen LogP contribution in [0.25, 0.3) is 5.70 Å². The number of ether oxygens (including phenoxy) is 1. The van der Waals surface area contributed by atoms with E-state index < -0.39 is 12.0 Å². The molecule has 0 N–H and O–H groups in total. The molecule has 142 valence electrons. The number of amides is 1. The molecular weight excluding hydrogens is 372 g/mol. The summed E-state index contributed by atoms with van der Waals surface area (Å²) in [5.74, 6) is -0.179. The van der Waals surface area contributed by atoms with Gasteiger partial charge < -0.3 is 4.74 Å². The quantitative estimate of drug-likeness (QED) is 0.739. The summed E-state index contributed by atoms with van der Waals surface area (Å²) in [7, 11) is 0. The molecule has 6 heteroatoms. The van der Waals surface area contributed by atoms with Crippen molar-refractivity contribution < 1.29 is 14.3 Å². The number of fused-ring (bicyclic) bond motifs is 1. The number of amidine groups is 1. The number of aliphatic imine (C=N–C) groups is 1. The molecule has 4 rings (SSSR count). The lowest BCUT2D eigenvalue weighted by molar-refractivity contribution is -0.139. The van der Waals surface area contributed by atoms with Crippen molar-refractivity contribution in [3.63, 3.8) is 0 Å². The van der Waals surface area contributed by atoms with Gasteiger partial charge in [-0.05, 0) is 19.4 Å². The van der Waals surface area contributed by atoms with Crippen molar-refractivity contribution in [1.29, 1.82) is 0 Å². The highest BCUT2D eigenvalue weighted by Gasteiger charge is 2.44. The highest BCUT2D eigenvalue weighted by Crippen LogP contribution is 2.43. The van der Waals surface area contributed by atoms with Crippen molar-refractivity contribution in [2.45, 2.75) is 19.9 Å². The standard InChI is InChI=1S/C22H20N2O3S/c1-3-27-21(26)18-19(15-7-5-4-6-8-15)23-22-24(17(25)13-28-22)20(18)16-11-9-14(2)10-12-16/h4-12,20H,3,13H2,1-2H3/t20-/m1/s1. The number of esters is 1. The molecule has 0 saturated carbocycles. The van der Waals surface area contributed by atoms with Crippen LogP contribution in [0.2, 0.25) is 0 Å². The Bertz CT molecular complexity index is 981. The van der Waals surface area contributed by atoms with Crippen LogP contribution in [0.4, 0.5) is 0 Å². The first-order valence-electron chi connectivity index (χ1n) is 9.17. The summed E-state index contributed by atoms with van der Waals surface area (Å²) in [4.78, 5) is 32.1. The third kappa shape index (κ3) is 3.24. The van der Waals surface area contributed by atoms with E-state index in [1.54, 1.807) is 11.8 Å². The van der Waals surface area contributed by atoms with E-state index in [-0.39, 0.29) is 12.5 Å². The van der Waals surface area contributed by atoms with Gasteiger partial charge in [0.2, 0.25) is 5.91 Å². The van der Waals surface area contributed by atoms with Crippen molar-refractivity contribution in [2.24, 2.45) is 4.99 Å². The van der Waals surface area contributed by atoms with Gasteiger partial charge in [0.05, 0.1) is 29.7 Å². The molecule has 0 unspecified atom stereocenters. The largest absolute Gasteiger partial charge is 0.463 e. The van der Waals surface area contributed by atoms with Gasteiger partial charge in [0.1, 0.15) is 0 Å². The Morgan fingerprint density at radius 3 is 2.57 bits per heavy atom. The summed E-state index contributed by atoms with van der Waals surface area (Å²) in [5, 5.41) is 0.627. The Labute approximate surface area is 168 Å². The number of thioether (sulfide) groups is 1. The monoisotopic (exact) mass is 392 g/mol. The molecule has 2 aliphatic heterocycles. The highest BCUT2D eigenvalue weighted by atomic mass is 32.2. The minimum atomic E-state index is -0.551. The van der Waals surface area contributed by atoms with Gasteiger partial charge in [-0.1, -0.05) is 71.9 Å². The maximum Gasteiger partial charge on any atom is 0.338 e. The second-order valence-electron chi connectivity index (χ2n) is 6.61. The lowest BCUT2D eigenvalue weighted by Gasteiger charge is -2.33. The maximum atomic E-state index is 13.0. The molecular formula is C22H20N2O3S. The van der Waals surface area contributed by atoms with Crippen molar-refractivity contribution in [1.82, 2.24) is 4.90 Å². The molecule has 0 aliphatic carbocycles.